The number of benzene rings is 1. The molecule has 1 aliphatic heterocycles. The topological polar surface area (TPSA) is 79.5 Å². The van der Waals surface area contributed by atoms with Crippen molar-refractivity contribution in [3.05, 3.63) is 29.0 Å². The molecule has 0 aromatic heterocycles. The summed E-state index contributed by atoms with van der Waals surface area (Å²) in [6.07, 6.45) is 3.79. The van der Waals surface area contributed by atoms with E-state index >= 15 is 0 Å². The fraction of sp³-hybridized carbons (Fsp3) is 0.652. The van der Waals surface area contributed by atoms with Crippen molar-refractivity contribution in [2.45, 2.75) is 57.7 Å². The van der Waals surface area contributed by atoms with Gasteiger partial charge in [0.25, 0.3) is 5.91 Å². The lowest BCUT2D eigenvalue weighted by atomic mass is 9.60. The van der Waals surface area contributed by atoms with E-state index in [9.17, 15) is 14.0 Å². The standard InChI is InChI=1S/C23H31ClFN3O3/c1-12-5-13(2)26-10-17(12)23(30)28-21-9-20(14-6-15(21)7-14)27-22(29)11-31-16-3-4-18(24)19(25)8-16/h3-4,8,12-15,17,20-21,26H,5-7,9-11H2,1-2H3,(H,27,29)(H,28,30)/t12?,13?,14?,15?,17?,20?,21-/m1/s1. The fourth-order valence-electron chi connectivity index (χ4n) is 5.32. The van der Waals surface area contributed by atoms with Gasteiger partial charge >= 0.3 is 0 Å². The van der Waals surface area contributed by atoms with Crippen LogP contribution in [-0.4, -0.2) is 43.1 Å². The predicted octanol–water partition coefficient (Wildman–Crippen LogP) is 2.89. The molecule has 6 nitrogen and oxygen atoms in total. The van der Waals surface area contributed by atoms with E-state index in [-0.39, 0.29) is 47.2 Å². The SMILES string of the molecule is CC1CC(C)C(C(=O)N[C@@H]2CC(NC(=O)COc3ccc(Cl)c(F)c3)C3CC2C3)CN1. The Bertz CT molecular complexity index is 832. The quantitative estimate of drug-likeness (QED) is 0.621. The largest absolute Gasteiger partial charge is 0.484 e. The van der Waals surface area contributed by atoms with Gasteiger partial charge in [0.1, 0.15) is 11.6 Å². The van der Waals surface area contributed by atoms with Gasteiger partial charge in [0.15, 0.2) is 6.61 Å². The molecule has 31 heavy (non-hydrogen) atoms. The molecule has 3 N–H and O–H groups in total. The molecule has 0 spiro atoms. The number of piperidine rings is 1. The highest BCUT2D eigenvalue weighted by molar-refractivity contribution is 6.30. The number of halogens is 2. The third-order valence-corrected chi connectivity index (χ3v) is 7.53. The lowest BCUT2D eigenvalue weighted by molar-refractivity contribution is -0.130. The van der Waals surface area contributed by atoms with Crippen LogP contribution in [0.5, 0.6) is 5.75 Å². The summed E-state index contributed by atoms with van der Waals surface area (Å²) in [6, 6.07) is 4.67. The van der Waals surface area contributed by atoms with Gasteiger partial charge in [0.2, 0.25) is 5.91 Å². The molecule has 1 aromatic carbocycles. The second-order valence-corrected chi connectivity index (χ2v) is 9.92. The number of nitrogens with one attached hydrogen (secondary N) is 3. The Labute approximate surface area is 187 Å². The summed E-state index contributed by atoms with van der Waals surface area (Å²) in [6.45, 7) is 4.84. The summed E-state index contributed by atoms with van der Waals surface area (Å²) >= 11 is 5.66. The Morgan fingerprint density at radius 1 is 1.13 bits per heavy atom. The molecule has 0 radical (unpaired) electrons. The molecular formula is C23H31ClFN3O3. The van der Waals surface area contributed by atoms with Crippen LogP contribution >= 0.6 is 11.6 Å². The van der Waals surface area contributed by atoms with Gasteiger partial charge in [0.05, 0.1) is 10.9 Å². The van der Waals surface area contributed by atoms with Gasteiger partial charge < -0.3 is 20.7 Å². The average molecular weight is 452 g/mol. The Morgan fingerprint density at radius 2 is 1.84 bits per heavy atom. The number of ether oxygens (including phenoxy) is 1. The van der Waals surface area contributed by atoms with Crippen LogP contribution in [0.15, 0.2) is 18.2 Å². The van der Waals surface area contributed by atoms with Crippen LogP contribution in [0.4, 0.5) is 4.39 Å². The van der Waals surface area contributed by atoms with Crippen LogP contribution in [-0.2, 0) is 9.59 Å². The first-order valence-electron chi connectivity index (χ1n) is 11.2. The maximum atomic E-state index is 13.5. The summed E-state index contributed by atoms with van der Waals surface area (Å²) in [5.41, 5.74) is 0. The molecule has 1 aromatic rings. The van der Waals surface area contributed by atoms with Gasteiger partial charge in [-0.15, -0.1) is 0 Å². The summed E-state index contributed by atoms with van der Waals surface area (Å²) < 4.78 is 18.9. The van der Waals surface area contributed by atoms with Crippen molar-refractivity contribution in [2.24, 2.45) is 23.7 Å². The minimum Gasteiger partial charge on any atom is -0.484 e. The lowest BCUT2D eigenvalue weighted by Gasteiger charge is -2.51. The number of hydrogen-bond acceptors (Lipinski definition) is 4. The molecule has 5 rings (SSSR count). The lowest BCUT2D eigenvalue weighted by Crippen LogP contribution is -2.61. The van der Waals surface area contributed by atoms with E-state index in [1.807, 2.05) is 0 Å². The van der Waals surface area contributed by atoms with Crippen molar-refractivity contribution in [3.63, 3.8) is 0 Å². The highest BCUT2D eigenvalue weighted by Gasteiger charge is 2.47. The van der Waals surface area contributed by atoms with Crippen molar-refractivity contribution in [3.8, 4) is 5.75 Å². The first-order valence-corrected chi connectivity index (χ1v) is 11.6. The molecule has 2 bridgehead atoms. The molecule has 2 amide bonds. The van der Waals surface area contributed by atoms with Crippen LogP contribution < -0.4 is 20.7 Å². The molecule has 4 unspecified atom stereocenters. The number of carbonyl (C=O) groups excluding carboxylic acids is 2. The Balaban J connectivity index is 1.26. The van der Waals surface area contributed by atoms with E-state index in [0.717, 1.165) is 32.2 Å². The second-order valence-electron chi connectivity index (χ2n) is 9.51. The zero-order chi connectivity index (χ0) is 22.1. The van der Waals surface area contributed by atoms with E-state index in [2.05, 4.69) is 29.8 Å². The van der Waals surface area contributed by atoms with Crippen molar-refractivity contribution in [1.29, 1.82) is 0 Å². The molecule has 3 aliphatic carbocycles. The average Bonchev–Trinajstić information content (AvgIpc) is 2.67. The summed E-state index contributed by atoms with van der Waals surface area (Å²) in [5, 5.41) is 9.75. The molecule has 1 saturated heterocycles. The second kappa shape index (κ2) is 9.33. The molecule has 3 saturated carbocycles. The summed E-state index contributed by atoms with van der Waals surface area (Å²) in [5.74, 6) is 0.874. The van der Waals surface area contributed by atoms with Gasteiger partial charge in [0, 0.05) is 30.7 Å². The Hall–Kier alpha value is -1.86. The van der Waals surface area contributed by atoms with Gasteiger partial charge in [-0.2, -0.15) is 0 Å². The highest BCUT2D eigenvalue weighted by atomic mass is 35.5. The van der Waals surface area contributed by atoms with Crippen LogP contribution in [0.2, 0.25) is 5.02 Å². The molecular weight excluding hydrogens is 421 g/mol. The van der Waals surface area contributed by atoms with Crippen LogP contribution in [0.25, 0.3) is 0 Å². The van der Waals surface area contributed by atoms with Gasteiger partial charge in [-0.25, -0.2) is 4.39 Å². The maximum Gasteiger partial charge on any atom is 0.258 e. The third kappa shape index (κ3) is 5.14. The molecule has 4 fully saturated rings. The van der Waals surface area contributed by atoms with Gasteiger partial charge in [-0.1, -0.05) is 18.5 Å². The van der Waals surface area contributed by atoms with E-state index in [0.29, 0.717) is 23.8 Å². The fourth-order valence-corrected chi connectivity index (χ4v) is 5.43. The first-order chi connectivity index (χ1) is 14.8. The monoisotopic (exact) mass is 451 g/mol. The summed E-state index contributed by atoms with van der Waals surface area (Å²) in [7, 11) is 0. The van der Waals surface area contributed by atoms with E-state index in [1.54, 1.807) is 0 Å². The zero-order valence-corrected chi connectivity index (χ0v) is 18.8. The van der Waals surface area contributed by atoms with Crippen molar-refractivity contribution in [1.82, 2.24) is 16.0 Å². The number of amides is 2. The van der Waals surface area contributed by atoms with E-state index < -0.39 is 5.82 Å². The minimum atomic E-state index is -0.581. The third-order valence-electron chi connectivity index (χ3n) is 7.23. The molecule has 170 valence electrons. The van der Waals surface area contributed by atoms with Crippen LogP contribution in [0.1, 0.15) is 39.5 Å². The van der Waals surface area contributed by atoms with E-state index in [4.69, 9.17) is 16.3 Å². The number of fused-ring (bicyclic) bond motifs is 2. The number of carbonyl (C=O) groups is 2. The molecule has 1 heterocycles. The van der Waals surface area contributed by atoms with Gasteiger partial charge in [-0.3, -0.25) is 9.59 Å². The first kappa shape index (κ1) is 22.3. The predicted molar refractivity (Wildman–Crippen MR) is 116 cm³/mol. The Morgan fingerprint density at radius 3 is 2.52 bits per heavy atom. The Kier molecular flexibility index (Phi) is 6.72. The minimum absolute atomic E-state index is 0.00443. The zero-order valence-electron chi connectivity index (χ0n) is 18.0. The molecule has 5 atom stereocenters. The van der Waals surface area contributed by atoms with Crippen LogP contribution in [0.3, 0.4) is 0 Å². The number of rotatable bonds is 6. The number of hydrogen-bond donors (Lipinski definition) is 3. The van der Waals surface area contributed by atoms with Crippen molar-refractivity contribution < 1.29 is 18.7 Å². The molecule has 4 aliphatic rings. The van der Waals surface area contributed by atoms with E-state index in [1.165, 1.54) is 18.2 Å². The molecule has 8 heteroatoms. The summed E-state index contributed by atoms with van der Waals surface area (Å²) in [4.78, 5) is 25.3. The van der Waals surface area contributed by atoms with Crippen molar-refractivity contribution in [2.75, 3.05) is 13.2 Å². The van der Waals surface area contributed by atoms with Crippen molar-refractivity contribution >= 4 is 23.4 Å². The van der Waals surface area contributed by atoms with Crippen LogP contribution in [0, 0.1) is 29.5 Å². The smallest absolute Gasteiger partial charge is 0.258 e. The normalized spacial score (nSPS) is 34.4. The van der Waals surface area contributed by atoms with Gasteiger partial charge in [-0.05, 0) is 62.5 Å². The highest BCUT2D eigenvalue weighted by Crippen LogP contribution is 2.46. The maximum absolute atomic E-state index is 13.5.